The van der Waals surface area contributed by atoms with E-state index in [9.17, 15) is 9.59 Å². The quantitative estimate of drug-likeness (QED) is 0.630. The molecule has 2 bridgehead atoms. The molecule has 0 spiro atoms. The van der Waals surface area contributed by atoms with Gasteiger partial charge in [0.1, 0.15) is 11.7 Å². The van der Waals surface area contributed by atoms with E-state index in [4.69, 9.17) is 14.2 Å². The van der Waals surface area contributed by atoms with Gasteiger partial charge in [0, 0.05) is 38.4 Å². The summed E-state index contributed by atoms with van der Waals surface area (Å²) < 4.78 is 18.2. The van der Waals surface area contributed by atoms with Gasteiger partial charge in [-0.25, -0.2) is 9.78 Å². The van der Waals surface area contributed by atoms with E-state index >= 15 is 0 Å². The van der Waals surface area contributed by atoms with E-state index in [1.165, 1.54) is 4.90 Å². The Bertz CT molecular complexity index is 844. The van der Waals surface area contributed by atoms with Gasteiger partial charge in [0.25, 0.3) is 5.91 Å². The number of aromatic nitrogens is 1. The number of hydrogen-bond donors (Lipinski definition) is 0. The lowest BCUT2D eigenvalue weighted by Gasteiger charge is -2.41. The number of ether oxygens (including phenoxy) is 3. The van der Waals surface area contributed by atoms with E-state index in [0.29, 0.717) is 11.4 Å². The lowest BCUT2D eigenvalue weighted by molar-refractivity contribution is -0.0814. The monoisotopic (exact) mass is 473 g/mol. The second-order valence-corrected chi connectivity index (χ2v) is 11.1. The molecule has 1 aliphatic carbocycles. The summed E-state index contributed by atoms with van der Waals surface area (Å²) in [6.45, 7) is 5.75. The number of amides is 2. The Kier molecular flexibility index (Phi) is 7.36. The number of piperidine rings is 1. The van der Waals surface area contributed by atoms with Crippen LogP contribution in [0.25, 0.3) is 0 Å². The molecule has 0 N–H and O–H groups in total. The van der Waals surface area contributed by atoms with E-state index in [-0.39, 0.29) is 42.4 Å². The van der Waals surface area contributed by atoms with Crippen molar-refractivity contribution in [1.82, 2.24) is 14.8 Å². The number of carbonyl (C=O) groups is 2. The van der Waals surface area contributed by atoms with Gasteiger partial charge in [-0.1, -0.05) is 0 Å². The Morgan fingerprint density at radius 1 is 0.941 bits per heavy atom. The van der Waals surface area contributed by atoms with Crippen LogP contribution >= 0.6 is 0 Å². The highest BCUT2D eigenvalue weighted by Crippen LogP contribution is 2.39. The molecular formula is C26H39N3O5. The van der Waals surface area contributed by atoms with E-state index < -0.39 is 5.60 Å². The largest absolute Gasteiger partial charge is 0.474 e. The Labute approximate surface area is 202 Å². The Morgan fingerprint density at radius 3 is 2.09 bits per heavy atom. The van der Waals surface area contributed by atoms with Crippen LogP contribution in [0.4, 0.5) is 4.79 Å². The maximum absolute atomic E-state index is 12.7. The molecule has 3 heterocycles. The molecule has 0 unspecified atom stereocenters. The fourth-order valence-electron chi connectivity index (χ4n) is 5.41. The number of carbonyl (C=O) groups excluding carboxylic acids is 2. The van der Waals surface area contributed by atoms with Gasteiger partial charge in [0.15, 0.2) is 0 Å². The van der Waals surface area contributed by atoms with Gasteiger partial charge >= 0.3 is 6.09 Å². The maximum atomic E-state index is 12.7. The summed E-state index contributed by atoms with van der Waals surface area (Å²) >= 11 is 0. The van der Waals surface area contributed by atoms with Crippen molar-refractivity contribution in [2.75, 3.05) is 14.1 Å². The van der Waals surface area contributed by atoms with Crippen molar-refractivity contribution < 1.29 is 23.8 Å². The van der Waals surface area contributed by atoms with Gasteiger partial charge in [-0.3, -0.25) is 4.79 Å². The highest BCUT2D eigenvalue weighted by atomic mass is 16.6. The lowest BCUT2D eigenvalue weighted by Crippen LogP contribution is -2.50. The topological polar surface area (TPSA) is 81.2 Å². The molecule has 188 valence electrons. The normalized spacial score (nSPS) is 29.0. The van der Waals surface area contributed by atoms with Crippen molar-refractivity contribution in [3.05, 3.63) is 23.9 Å². The molecule has 3 atom stereocenters. The van der Waals surface area contributed by atoms with Gasteiger partial charge in [0.05, 0.1) is 17.8 Å². The minimum atomic E-state index is -0.466. The summed E-state index contributed by atoms with van der Waals surface area (Å²) in [7, 11) is 3.45. The molecule has 8 nitrogen and oxygen atoms in total. The van der Waals surface area contributed by atoms with Crippen LogP contribution < -0.4 is 4.74 Å². The molecule has 4 rings (SSSR count). The second-order valence-electron chi connectivity index (χ2n) is 11.1. The summed E-state index contributed by atoms with van der Waals surface area (Å²) in [5.41, 5.74) is 0.0901. The minimum absolute atomic E-state index is 0.0675. The predicted molar refractivity (Wildman–Crippen MR) is 128 cm³/mol. The molecule has 2 saturated heterocycles. The molecule has 0 radical (unpaired) electrons. The van der Waals surface area contributed by atoms with Crippen LogP contribution in [0.3, 0.4) is 0 Å². The lowest BCUT2D eigenvalue weighted by atomic mass is 9.93. The fourth-order valence-corrected chi connectivity index (χ4v) is 5.41. The highest BCUT2D eigenvalue weighted by Gasteiger charge is 2.45. The molecule has 3 fully saturated rings. The van der Waals surface area contributed by atoms with Gasteiger partial charge in [-0.05, 0) is 78.2 Å². The summed E-state index contributed by atoms with van der Waals surface area (Å²) in [4.78, 5) is 32.5. The predicted octanol–water partition coefficient (Wildman–Crippen LogP) is 4.42. The van der Waals surface area contributed by atoms with Gasteiger partial charge in [0.2, 0.25) is 5.88 Å². The Balaban J connectivity index is 1.22. The summed E-state index contributed by atoms with van der Waals surface area (Å²) in [6, 6.07) is 3.99. The van der Waals surface area contributed by atoms with Gasteiger partial charge < -0.3 is 24.0 Å². The standard InChI is InChI=1S/C26H39N3O5/c1-26(2,3)34-25(31)29-18-7-8-19(29)15-22(14-18)32-20-9-11-21(12-10-20)33-23-13-6-17(16-27-23)24(30)28(4)5/h6,13,16,18-22H,7-12,14-15H2,1-5H3/t18-,19+,20-,21-,22-. The smallest absolute Gasteiger partial charge is 0.410 e. The average molecular weight is 474 g/mol. The zero-order valence-electron chi connectivity index (χ0n) is 21.2. The first kappa shape index (κ1) is 24.8. The fraction of sp³-hybridized carbons (Fsp3) is 0.731. The van der Waals surface area contributed by atoms with Gasteiger partial charge in [-0.2, -0.15) is 0 Å². The zero-order valence-corrected chi connectivity index (χ0v) is 21.2. The molecule has 8 heteroatoms. The Hall–Kier alpha value is -2.35. The third-order valence-electron chi connectivity index (χ3n) is 6.98. The van der Waals surface area contributed by atoms with Crippen LogP contribution in [-0.4, -0.2) is 76.9 Å². The molecule has 1 aromatic rings. The number of rotatable bonds is 5. The number of hydrogen-bond acceptors (Lipinski definition) is 6. The molecule has 34 heavy (non-hydrogen) atoms. The van der Waals surface area contributed by atoms with Crippen molar-refractivity contribution in [1.29, 1.82) is 0 Å². The van der Waals surface area contributed by atoms with Crippen LogP contribution in [0.1, 0.15) is 82.5 Å². The van der Waals surface area contributed by atoms with Crippen molar-refractivity contribution >= 4 is 12.0 Å². The molecular weight excluding hydrogens is 434 g/mol. The summed E-state index contributed by atoms with van der Waals surface area (Å²) in [6.07, 6.45) is 9.61. The van der Waals surface area contributed by atoms with Crippen molar-refractivity contribution in [3.63, 3.8) is 0 Å². The van der Waals surface area contributed by atoms with E-state index in [0.717, 1.165) is 51.4 Å². The molecule has 1 aromatic heterocycles. The number of nitrogens with zero attached hydrogens (tertiary/aromatic N) is 3. The van der Waals surface area contributed by atoms with Crippen LogP contribution in [0.5, 0.6) is 5.88 Å². The first-order chi connectivity index (χ1) is 16.1. The second kappa shape index (κ2) is 10.1. The molecule has 0 aromatic carbocycles. The van der Waals surface area contributed by atoms with Gasteiger partial charge in [-0.15, -0.1) is 0 Å². The first-order valence-corrected chi connectivity index (χ1v) is 12.6. The highest BCUT2D eigenvalue weighted by molar-refractivity contribution is 5.93. The maximum Gasteiger partial charge on any atom is 0.410 e. The summed E-state index contributed by atoms with van der Waals surface area (Å²) in [5.74, 6) is 0.493. The van der Waals surface area contributed by atoms with Crippen molar-refractivity contribution in [3.8, 4) is 5.88 Å². The van der Waals surface area contributed by atoms with E-state index in [2.05, 4.69) is 4.98 Å². The summed E-state index contributed by atoms with van der Waals surface area (Å²) in [5, 5.41) is 0. The SMILES string of the molecule is CN(C)C(=O)c1ccc(O[C@H]2CC[C@H](O[C@@H]3C[C@H]4CC[C@@H](C3)N4C(=O)OC(C)(C)C)CC2)nc1. The van der Waals surface area contributed by atoms with Crippen LogP contribution in [-0.2, 0) is 9.47 Å². The minimum Gasteiger partial charge on any atom is -0.474 e. The van der Waals surface area contributed by atoms with Crippen molar-refractivity contribution in [2.24, 2.45) is 0 Å². The van der Waals surface area contributed by atoms with E-state index in [1.807, 2.05) is 25.7 Å². The zero-order chi connectivity index (χ0) is 24.5. The molecule has 2 amide bonds. The average Bonchev–Trinajstić information content (AvgIpc) is 3.05. The third kappa shape index (κ3) is 6.01. The third-order valence-corrected chi connectivity index (χ3v) is 6.98. The first-order valence-electron chi connectivity index (χ1n) is 12.6. The molecule has 3 aliphatic rings. The van der Waals surface area contributed by atoms with Crippen LogP contribution in [0.15, 0.2) is 18.3 Å². The molecule has 1 saturated carbocycles. The Morgan fingerprint density at radius 2 is 1.56 bits per heavy atom. The van der Waals surface area contributed by atoms with E-state index in [1.54, 1.807) is 32.4 Å². The number of pyridine rings is 1. The van der Waals surface area contributed by atoms with Crippen LogP contribution in [0.2, 0.25) is 0 Å². The van der Waals surface area contributed by atoms with Crippen molar-refractivity contribution in [2.45, 2.75) is 108 Å². The van der Waals surface area contributed by atoms with Crippen LogP contribution in [0, 0.1) is 0 Å². The molecule has 2 aliphatic heterocycles. The number of fused-ring (bicyclic) bond motifs is 2.